The first-order chi connectivity index (χ1) is 6.74. The van der Waals surface area contributed by atoms with E-state index in [4.69, 9.17) is 10.5 Å². The Labute approximate surface area is 83.5 Å². The number of nitrogens with two attached hydrogens (primary N) is 1. The standard InChI is InChI=1S/C11H15NO2/c1-14-9-4-2-3-8(13)10(9)11(12)7-5-6-7/h2-4,7,11,13H,5-6,12H2,1H3/t11-/m0/s1. The van der Waals surface area contributed by atoms with Gasteiger partial charge in [-0.25, -0.2) is 0 Å². The SMILES string of the molecule is COc1cccc(O)c1[C@@H](N)C1CC1. The van der Waals surface area contributed by atoms with Gasteiger partial charge in [-0.3, -0.25) is 0 Å². The third kappa shape index (κ3) is 1.55. The van der Waals surface area contributed by atoms with Gasteiger partial charge in [-0.2, -0.15) is 0 Å². The second kappa shape index (κ2) is 3.50. The van der Waals surface area contributed by atoms with Gasteiger partial charge in [0.15, 0.2) is 0 Å². The minimum Gasteiger partial charge on any atom is -0.507 e. The Morgan fingerprint density at radius 1 is 1.50 bits per heavy atom. The van der Waals surface area contributed by atoms with Gasteiger partial charge in [-0.05, 0) is 30.9 Å². The lowest BCUT2D eigenvalue weighted by Gasteiger charge is -2.16. The number of phenolic OH excluding ortho intramolecular Hbond substituents is 1. The second-order valence-corrected chi connectivity index (χ2v) is 3.76. The average molecular weight is 193 g/mol. The maximum Gasteiger partial charge on any atom is 0.127 e. The van der Waals surface area contributed by atoms with E-state index in [1.165, 1.54) is 0 Å². The molecule has 0 radical (unpaired) electrons. The fourth-order valence-electron chi connectivity index (χ4n) is 1.74. The van der Waals surface area contributed by atoms with Gasteiger partial charge >= 0.3 is 0 Å². The fraction of sp³-hybridized carbons (Fsp3) is 0.455. The number of ether oxygens (including phenoxy) is 1. The summed E-state index contributed by atoms with van der Waals surface area (Å²) in [4.78, 5) is 0. The molecule has 3 heteroatoms. The molecule has 3 N–H and O–H groups in total. The van der Waals surface area contributed by atoms with Gasteiger partial charge in [0, 0.05) is 6.04 Å². The van der Waals surface area contributed by atoms with Crippen molar-refractivity contribution in [1.29, 1.82) is 0 Å². The monoisotopic (exact) mass is 193 g/mol. The van der Waals surface area contributed by atoms with Crippen molar-refractivity contribution in [3.8, 4) is 11.5 Å². The molecule has 1 fully saturated rings. The third-order valence-electron chi connectivity index (χ3n) is 2.73. The predicted octanol–water partition coefficient (Wildman–Crippen LogP) is 1.81. The quantitative estimate of drug-likeness (QED) is 0.769. The smallest absolute Gasteiger partial charge is 0.127 e. The molecule has 1 aliphatic rings. The Balaban J connectivity index is 2.37. The van der Waals surface area contributed by atoms with Crippen LogP contribution >= 0.6 is 0 Å². The van der Waals surface area contributed by atoms with E-state index in [9.17, 15) is 5.11 Å². The zero-order valence-electron chi connectivity index (χ0n) is 8.23. The second-order valence-electron chi connectivity index (χ2n) is 3.76. The van der Waals surface area contributed by atoms with Crippen LogP contribution in [-0.2, 0) is 0 Å². The van der Waals surface area contributed by atoms with E-state index in [-0.39, 0.29) is 11.8 Å². The van der Waals surface area contributed by atoms with Crippen molar-refractivity contribution in [1.82, 2.24) is 0 Å². The highest BCUT2D eigenvalue weighted by Crippen LogP contribution is 2.44. The Bertz CT molecular complexity index is 334. The minimum atomic E-state index is -0.0915. The van der Waals surface area contributed by atoms with E-state index in [1.807, 2.05) is 6.07 Å². The maximum atomic E-state index is 9.71. The molecule has 0 bridgehead atoms. The first-order valence-corrected chi connectivity index (χ1v) is 4.85. The Morgan fingerprint density at radius 2 is 2.21 bits per heavy atom. The molecule has 3 nitrogen and oxygen atoms in total. The highest BCUT2D eigenvalue weighted by molar-refractivity contribution is 5.46. The van der Waals surface area contributed by atoms with Gasteiger partial charge in [-0.15, -0.1) is 0 Å². The zero-order chi connectivity index (χ0) is 10.1. The number of aromatic hydroxyl groups is 1. The lowest BCUT2D eigenvalue weighted by molar-refractivity contribution is 0.389. The number of hydrogen-bond donors (Lipinski definition) is 2. The average Bonchev–Trinajstić information content (AvgIpc) is 2.99. The summed E-state index contributed by atoms with van der Waals surface area (Å²) in [6, 6.07) is 5.15. The van der Waals surface area contributed by atoms with Crippen LogP contribution in [0.2, 0.25) is 0 Å². The highest BCUT2D eigenvalue weighted by atomic mass is 16.5. The number of phenols is 1. The summed E-state index contributed by atoms with van der Waals surface area (Å²) in [7, 11) is 1.60. The van der Waals surface area contributed by atoms with E-state index in [0.717, 1.165) is 18.4 Å². The van der Waals surface area contributed by atoms with Crippen molar-refractivity contribution in [2.24, 2.45) is 11.7 Å². The number of benzene rings is 1. The Kier molecular flexibility index (Phi) is 2.33. The van der Waals surface area contributed by atoms with Crippen molar-refractivity contribution in [2.45, 2.75) is 18.9 Å². The summed E-state index contributed by atoms with van der Waals surface area (Å²) in [5, 5.41) is 9.71. The lowest BCUT2D eigenvalue weighted by Crippen LogP contribution is -2.13. The van der Waals surface area contributed by atoms with E-state index >= 15 is 0 Å². The van der Waals surface area contributed by atoms with Crippen LogP contribution in [0.5, 0.6) is 11.5 Å². The molecular formula is C11H15NO2. The largest absolute Gasteiger partial charge is 0.507 e. The van der Waals surface area contributed by atoms with Crippen LogP contribution < -0.4 is 10.5 Å². The fourth-order valence-corrected chi connectivity index (χ4v) is 1.74. The molecule has 1 aliphatic carbocycles. The predicted molar refractivity (Wildman–Crippen MR) is 54.3 cm³/mol. The number of rotatable bonds is 3. The first-order valence-electron chi connectivity index (χ1n) is 4.85. The third-order valence-corrected chi connectivity index (χ3v) is 2.73. The summed E-state index contributed by atoms with van der Waals surface area (Å²) in [5.74, 6) is 1.44. The molecule has 0 saturated heterocycles. The van der Waals surface area contributed by atoms with Crippen LogP contribution in [0.25, 0.3) is 0 Å². The molecule has 2 rings (SSSR count). The molecule has 14 heavy (non-hydrogen) atoms. The zero-order valence-corrected chi connectivity index (χ0v) is 8.23. The van der Waals surface area contributed by atoms with Crippen molar-refractivity contribution in [3.63, 3.8) is 0 Å². The van der Waals surface area contributed by atoms with Crippen molar-refractivity contribution >= 4 is 0 Å². The topological polar surface area (TPSA) is 55.5 Å². The van der Waals surface area contributed by atoms with E-state index < -0.39 is 0 Å². The van der Waals surface area contributed by atoms with Gasteiger partial charge in [-0.1, -0.05) is 6.07 Å². The van der Waals surface area contributed by atoms with Crippen LogP contribution in [-0.4, -0.2) is 12.2 Å². The first kappa shape index (κ1) is 9.34. The molecule has 0 aromatic heterocycles. The molecule has 76 valence electrons. The van der Waals surface area contributed by atoms with Crippen molar-refractivity contribution < 1.29 is 9.84 Å². The molecule has 1 atom stereocenters. The van der Waals surface area contributed by atoms with Gasteiger partial charge in [0.1, 0.15) is 11.5 Å². The van der Waals surface area contributed by atoms with Crippen LogP contribution in [0.3, 0.4) is 0 Å². The normalized spacial score (nSPS) is 17.9. The molecule has 0 amide bonds. The summed E-state index contributed by atoms with van der Waals surface area (Å²) < 4.78 is 5.19. The summed E-state index contributed by atoms with van der Waals surface area (Å²) >= 11 is 0. The van der Waals surface area contributed by atoms with Gasteiger partial charge in [0.25, 0.3) is 0 Å². The van der Waals surface area contributed by atoms with Crippen LogP contribution in [0, 0.1) is 5.92 Å². The Hall–Kier alpha value is -1.22. The molecule has 0 heterocycles. The van der Waals surface area contributed by atoms with Crippen molar-refractivity contribution in [2.75, 3.05) is 7.11 Å². The van der Waals surface area contributed by atoms with Gasteiger partial charge in [0.05, 0.1) is 12.7 Å². The highest BCUT2D eigenvalue weighted by Gasteiger charge is 2.32. The Morgan fingerprint density at radius 3 is 2.79 bits per heavy atom. The van der Waals surface area contributed by atoms with E-state index in [2.05, 4.69) is 0 Å². The lowest BCUT2D eigenvalue weighted by atomic mass is 10.0. The van der Waals surface area contributed by atoms with Crippen molar-refractivity contribution in [3.05, 3.63) is 23.8 Å². The maximum absolute atomic E-state index is 9.71. The van der Waals surface area contributed by atoms with Crippen LogP contribution in [0.1, 0.15) is 24.4 Å². The number of hydrogen-bond acceptors (Lipinski definition) is 3. The molecule has 1 aromatic rings. The van der Waals surface area contributed by atoms with E-state index in [0.29, 0.717) is 11.7 Å². The van der Waals surface area contributed by atoms with Gasteiger partial charge in [0.2, 0.25) is 0 Å². The molecule has 0 unspecified atom stereocenters. The summed E-state index contributed by atoms with van der Waals surface area (Å²) in [6.45, 7) is 0. The number of methoxy groups -OCH3 is 1. The summed E-state index contributed by atoms with van der Waals surface area (Å²) in [6.07, 6.45) is 2.30. The molecule has 0 aliphatic heterocycles. The molecule has 1 saturated carbocycles. The minimum absolute atomic E-state index is 0.0915. The van der Waals surface area contributed by atoms with E-state index in [1.54, 1.807) is 19.2 Å². The van der Waals surface area contributed by atoms with Gasteiger partial charge < -0.3 is 15.6 Å². The van der Waals surface area contributed by atoms with Crippen LogP contribution in [0.4, 0.5) is 0 Å². The molecule has 0 spiro atoms. The summed E-state index contributed by atoms with van der Waals surface area (Å²) in [5.41, 5.74) is 6.79. The van der Waals surface area contributed by atoms with Crippen LogP contribution in [0.15, 0.2) is 18.2 Å². The molecule has 1 aromatic carbocycles. The molecular weight excluding hydrogens is 178 g/mol.